The van der Waals surface area contributed by atoms with E-state index in [0.717, 1.165) is 11.1 Å². The standard InChI is InChI=1S/C24H19NO5/c1-27-20-13-12-16(14-21(20)28-2)15-22-23(18-10-6-7-11-19(18)29-22)25-30-24(26)17-8-4-3-5-9-17/h3-15H,1-2H3/b22-15+,25-23+. The summed E-state index contributed by atoms with van der Waals surface area (Å²) < 4.78 is 16.6. The van der Waals surface area contributed by atoms with E-state index in [9.17, 15) is 4.79 Å². The van der Waals surface area contributed by atoms with Crippen LogP contribution in [-0.4, -0.2) is 25.9 Å². The number of allylic oxidation sites excluding steroid dienone is 1. The number of benzene rings is 3. The third-order valence-electron chi connectivity index (χ3n) is 4.53. The SMILES string of the molecule is COc1ccc(/C=C2/Oc3ccccc3/C2=N\OC(=O)c2ccccc2)cc1OC. The Kier molecular flexibility index (Phi) is 5.48. The monoisotopic (exact) mass is 401 g/mol. The second-order valence-corrected chi connectivity index (χ2v) is 6.41. The second-order valence-electron chi connectivity index (χ2n) is 6.41. The Bertz CT molecular complexity index is 1140. The Balaban J connectivity index is 1.68. The van der Waals surface area contributed by atoms with E-state index in [1.807, 2.05) is 42.5 Å². The first-order valence-corrected chi connectivity index (χ1v) is 9.25. The van der Waals surface area contributed by atoms with Crippen molar-refractivity contribution in [2.45, 2.75) is 0 Å². The van der Waals surface area contributed by atoms with Crippen LogP contribution in [0.3, 0.4) is 0 Å². The summed E-state index contributed by atoms with van der Waals surface area (Å²) in [6.07, 6.45) is 1.80. The van der Waals surface area contributed by atoms with Crippen LogP contribution in [0.4, 0.5) is 0 Å². The molecule has 0 saturated carbocycles. The van der Waals surface area contributed by atoms with Crippen LogP contribution in [0.2, 0.25) is 0 Å². The number of hydrogen-bond donors (Lipinski definition) is 0. The van der Waals surface area contributed by atoms with Crippen molar-refractivity contribution in [3.63, 3.8) is 0 Å². The molecule has 150 valence electrons. The molecular weight excluding hydrogens is 382 g/mol. The van der Waals surface area contributed by atoms with Gasteiger partial charge in [0.25, 0.3) is 0 Å². The average molecular weight is 401 g/mol. The van der Waals surface area contributed by atoms with Crippen LogP contribution < -0.4 is 14.2 Å². The summed E-state index contributed by atoms with van der Waals surface area (Å²) in [6, 6.07) is 21.6. The molecule has 1 aliphatic heterocycles. The summed E-state index contributed by atoms with van der Waals surface area (Å²) in [5, 5.41) is 4.11. The molecule has 0 fully saturated rings. The Morgan fingerprint density at radius 1 is 0.900 bits per heavy atom. The van der Waals surface area contributed by atoms with Gasteiger partial charge < -0.3 is 19.0 Å². The molecular formula is C24H19NO5. The van der Waals surface area contributed by atoms with Gasteiger partial charge in [0.15, 0.2) is 23.0 Å². The maximum atomic E-state index is 12.3. The molecule has 4 rings (SSSR count). The molecule has 0 aliphatic carbocycles. The maximum absolute atomic E-state index is 12.3. The summed E-state index contributed by atoms with van der Waals surface area (Å²) in [5.74, 6) is 1.78. The molecule has 0 saturated heterocycles. The van der Waals surface area contributed by atoms with Gasteiger partial charge >= 0.3 is 5.97 Å². The highest BCUT2D eigenvalue weighted by Crippen LogP contribution is 2.34. The van der Waals surface area contributed by atoms with Crippen molar-refractivity contribution in [1.82, 2.24) is 0 Å². The molecule has 0 radical (unpaired) electrons. The number of methoxy groups -OCH3 is 2. The predicted molar refractivity (Wildman–Crippen MR) is 113 cm³/mol. The van der Waals surface area contributed by atoms with Gasteiger partial charge in [-0.05, 0) is 48.0 Å². The molecule has 6 heteroatoms. The minimum Gasteiger partial charge on any atom is -0.493 e. The third kappa shape index (κ3) is 3.89. The summed E-state index contributed by atoms with van der Waals surface area (Å²) in [5.41, 5.74) is 2.41. The van der Waals surface area contributed by atoms with Crippen LogP contribution >= 0.6 is 0 Å². The summed E-state index contributed by atoms with van der Waals surface area (Å²) in [7, 11) is 3.16. The molecule has 0 spiro atoms. The number of para-hydroxylation sites is 1. The van der Waals surface area contributed by atoms with E-state index in [1.54, 1.807) is 50.6 Å². The van der Waals surface area contributed by atoms with Crippen LogP contribution in [0.5, 0.6) is 17.2 Å². The van der Waals surface area contributed by atoms with Crippen LogP contribution in [-0.2, 0) is 4.84 Å². The quantitative estimate of drug-likeness (QED) is 0.458. The van der Waals surface area contributed by atoms with Crippen molar-refractivity contribution in [2.24, 2.45) is 5.16 Å². The lowest BCUT2D eigenvalue weighted by Crippen LogP contribution is -2.06. The second kappa shape index (κ2) is 8.53. The maximum Gasteiger partial charge on any atom is 0.365 e. The summed E-state index contributed by atoms with van der Waals surface area (Å²) in [4.78, 5) is 17.5. The fourth-order valence-electron chi connectivity index (χ4n) is 3.05. The molecule has 3 aromatic carbocycles. The van der Waals surface area contributed by atoms with Crippen LogP contribution in [0.15, 0.2) is 83.7 Å². The first-order valence-electron chi connectivity index (χ1n) is 9.25. The van der Waals surface area contributed by atoms with Crippen LogP contribution in [0.25, 0.3) is 6.08 Å². The number of carbonyl (C=O) groups excluding carboxylic acids is 1. The molecule has 6 nitrogen and oxygen atoms in total. The largest absolute Gasteiger partial charge is 0.493 e. The smallest absolute Gasteiger partial charge is 0.365 e. The lowest BCUT2D eigenvalue weighted by atomic mass is 10.1. The van der Waals surface area contributed by atoms with E-state index in [0.29, 0.717) is 34.3 Å². The molecule has 0 atom stereocenters. The minimum atomic E-state index is -0.544. The van der Waals surface area contributed by atoms with Gasteiger partial charge in [0, 0.05) is 0 Å². The summed E-state index contributed by atoms with van der Waals surface area (Å²) in [6.45, 7) is 0. The lowest BCUT2D eigenvalue weighted by Gasteiger charge is -2.08. The molecule has 0 amide bonds. The van der Waals surface area contributed by atoms with E-state index in [4.69, 9.17) is 19.0 Å². The Morgan fingerprint density at radius 3 is 2.40 bits per heavy atom. The van der Waals surface area contributed by atoms with E-state index in [1.165, 1.54) is 0 Å². The van der Waals surface area contributed by atoms with Crippen LogP contribution in [0.1, 0.15) is 21.5 Å². The number of nitrogens with zero attached hydrogens (tertiary/aromatic N) is 1. The van der Waals surface area contributed by atoms with E-state index in [2.05, 4.69) is 5.16 Å². The number of fused-ring (bicyclic) bond motifs is 1. The summed E-state index contributed by atoms with van der Waals surface area (Å²) >= 11 is 0. The fraction of sp³-hybridized carbons (Fsp3) is 0.0833. The Hall–Kier alpha value is -4.06. The Morgan fingerprint density at radius 2 is 1.63 bits per heavy atom. The first-order chi connectivity index (χ1) is 14.7. The topological polar surface area (TPSA) is 66.3 Å². The third-order valence-corrected chi connectivity index (χ3v) is 4.53. The van der Waals surface area contributed by atoms with Crippen molar-refractivity contribution >= 4 is 17.8 Å². The van der Waals surface area contributed by atoms with Crippen molar-refractivity contribution in [2.75, 3.05) is 14.2 Å². The van der Waals surface area contributed by atoms with E-state index < -0.39 is 5.97 Å². The fourth-order valence-corrected chi connectivity index (χ4v) is 3.05. The van der Waals surface area contributed by atoms with Gasteiger partial charge in [-0.2, -0.15) is 0 Å². The average Bonchev–Trinajstić information content (AvgIpc) is 3.14. The van der Waals surface area contributed by atoms with Crippen molar-refractivity contribution < 1.29 is 23.8 Å². The normalized spacial score (nSPS) is 14.9. The van der Waals surface area contributed by atoms with Gasteiger partial charge in [0.2, 0.25) is 0 Å². The van der Waals surface area contributed by atoms with Gasteiger partial charge in [-0.25, -0.2) is 4.79 Å². The van der Waals surface area contributed by atoms with E-state index in [-0.39, 0.29) is 0 Å². The van der Waals surface area contributed by atoms with Crippen molar-refractivity contribution in [3.05, 3.63) is 95.2 Å². The molecule has 0 N–H and O–H groups in total. The highest BCUT2D eigenvalue weighted by Gasteiger charge is 2.26. The molecule has 30 heavy (non-hydrogen) atoms. The number of ether oxygens (including phenoxy) is 3. The number of oxime groups is 1. The van der Waals surface area contributed by atoms with Crippen molar-refractivity contribution in [3.8, 4) is 17.2 Å². The highest BCUT2D eigenvalue weighted by molar-refractivity contribution is 6.17. The number of carbonyl (C=O) groups is 1. The minimum absolute atomic E-state index is 0.416. The molecule has 1 aliphatic rings. The van der Waals surface area contributed by atoms with E-state index >= 15 is 0 Å². The van der Waals surface area contributed by atoms with Crippen LogP contribution in [0, 0.1) is 0 Å². The molecule has 0 aromatic heterocycles. The molecule has 1 heterocycles. The zero-order valence-electron chi connectivity index (χ0n) is 16.5. The Labute approximate surface area is 174 Å². The number of rotatable bonds is 5. The van der Waals surface area contributed by atoms with Gasteiger partial charge in [-0.1, -0.05) is 41.6 Å². The zero-order valence-corrected chi connectivity index (χ0v) is 16.5. The zero-order chi connectivity index (χ0) is 20.9. The first kappa shape index (κ1) is 19.3. The van der Waals surface area contributed by atoms with Gasteiger partial charge in [0.05, 0.1) is 25.3 Å². The molecule has 3 aromatic rings. The highest BCUT2D eigenvalue weighted by atomic mass is 16.7. The lowest BCUT2D eigenvalue weighted by molar-refractivity contribution is 0.0516. The van der Waals surface area contributed by atoms with Gasteiger partial charge in [-0.15, -0.1) is 0 Å². The van der Waals surface area contributed by atoms with Crippen molar-refractivity contribution in [1.29, 1.82) is 0 Å². The molecule has 0 bridgehead atoms. The molecule has 0 unspecified atom stereocenters. The number of hydrogen-bond acceptors (Lipinski definition) is 6. The predicted octanol–water partition coefficient (Wildman–Crippen LogP) is 4.70. The van der Waals surface area contributed by atoms with Gasteiger partial charge in [-0.3, -0.25) is 0 Å². The van der Waals surface area contributed by atoms with Gasteiger partial charge in [0.1, 0.15) is 5.75 Å².